The van der Waals surface area contributed by atoms with E-state index >= 15 is 0 Å². The summed E-state index contributed by atoms with van der Waals surface area (Å²) in [4.78, 5) is 27.1. The van der Waals surface area contributed by atoms with Crippen LogP contribution in [0.3, 0.4) is 0 Å². The molecule has 0 saturated carbocycles. The molecular weight excluding hydrogens is 405 g/mol. The van der Waals surface area contributed by atoms with E-state index in [0.29, 0.717) is 36.3 Å². The van der Waals surface area contributed by atoms with Crippen LogP contribution in [0.5, 0.6) is 0 Å². The summed E-state index contributed by atoms with van der Waals surface area (Å²) in [5, 5.41) is 0. The average molecular weight is 422 g/mol. The van der Waals surface area contributed by atoms with E-state index in [-0.39, 0.29) is 11.5 Å². The zero-order chi connectivity index (χ0) is 18.5. The van der Waals surface area contributed by atoms with Gasteiger partial charge in [0.15, 0.2) is 0 Å². The van der Waals surface area contributed by atoms with Gasteiger partial charge in [-0.15, -0.1) is 0 Å². The molecule has 1 heterocycles. The Morgan fingerprint density at radius 1 is 1.12 bits per heavy atom. The molecule has 5 nitrogen and oxygen atoms in total. The van der Waals surface area contributed by atoms with Crippen molar-refractivity contribution >= 4 is 27.8 Å². The van der Waals surface area contributed by atoms with Gasteiger partial charge in [-0.05, 0) is 34.1 Å². The van der Waals surface area contributed by atoms with Crippen molar-refractivity contribution in [2.45, 2.75) is 6.10 Å². The highest BCUT2D eigenvalue weighted by Crippen LogP contribution is 2.25. The molecule has 0 N–H and O–H groups in total. The van der Waals surface area contributed by atoms with Gasteiger partial charge < -0.3 is 14.4 Å². The normalized spacial score (nSPS) is 15.4. The molecular formula is C19H17BrFNO4. The molecule has 1 saturated heterocycles. The quantitative estimate of drug-likeness (QED) is 0.710. The van der Waals surface area contributed by atoms with Crippen LogP contribution in [0.15, 0.2) is 53.0 Å². The summed E-state index contributed by atoms with van der Waals surface area (Å²) in [6.45, 7) is 1.75. The Hall–Kier alpha value is -2.25. The van der Waals surface area contributed by atoms with Gasteiger partial charge in [0.1, 0.15) is 5.82 Å². The Morgan fingerprint density at radius 3 is 2.50 bits per heavy atom. The summed E-state index contributed by atoms with van der Waals surface area (Å²) in [6.07, 6.45) is -1.10. The number of carbonyl (C=O) groups is 2. The minimum atomic E-state index is -1.10. The second-order valence-corrected chi connectivity index (χ2v) is 6.61. The Bertz CT molecular complexity index is 793. The number of morpholine rings is 1. The first-order valence-corrected chi connectivity index (χ1v) is 8.93. The highest BCUT2D eigenvalue weighted by atomic mass is 79.9. The van der Waals surface area contributed by atoms with Crippen LogP contribution in [0.2, 0.25) is 0 Å². The van der Waals surface area contributed by atoms with Crippen LogP contribution < -0.4 is 0 Å². The highest BCUT2D eigenvalue weighted by molar-refractivity contribution is 9.10. The second-order valence-electron chi connectivity index (χ2n) is 5.76. The van der Waals surface area contributed by atoms with Gasteiger partial charge in [-0.25, -0.2) is 9.18 Å². The van der Waals surface area contributed by atoms with Crippen LogP contribution in [0, 0.1) is 5.82 Å². The molecule has 0 radical (unpaired) electrons. The molecule has 1 atom stereocenters. The number of halogens is 2. The van der Waals surface area contributed by atoms with Gasteiger partial charge in [-0.2, -0.15) is 0 Å². The predicted octanol–water partition coefficient (Wildman–Crippen LogP) is 3.35. The van der Waals surface area contributed by atoms with E-state index < -0.39 is 17.9 Å². The van der Waals surface area contributed by atoms with Crippen molar-refractivity contribution in [1.29, 1.82) is 0 Å². The topological polar surface area (TPSA) is 55.8 Å². The number of hydrogen-bond donors (Lipinski definition) is 0. The van der Waals surface area contributed by atoms with Crippen LogP contribution in [-0.2, 0) is 14.3 Å². The third-order valence-electron chi connectivity index (χ3n) is 4.02. The molecule has 2 aromatic rings. The lowest BCUT2D eigenvalue weighted by Crippen LogP contribution is -2.44. The maximum absolute atomic E-state index is 13.5. The summed E-state index contributed by atoms with van der Waals surface area (Å²) in [6, 6.07) is 12.5. The van der Waals surface area contributed by atoms with Gasteiger partial charge in [-0.1, -0.05) is 30.3 Å². The third-order valence-corrected chi connectivity index (χ3v) is 4.71. The van der Waals surface area contributed by atoms with Crippen molar-refractivity contribution in [3.05, 3.63) is 69.9 Å². The van der Waals surface area contributed by atoms with E-state index in [4.69, 9.17) is 9.47 Å². The molecule has 1 amide bonds. The number of carbonyl (C=O) groups excluding carboxylic acids is 2. The van der Waals surface area contributed by atoms with E-state index in [1.165, 1.54) is 12.1 Å². The van der Waals surface area contributed by atoms with Crippen LogP contribution in [0.25, 0.3) is 0 Å². The summed E-state index contributed by atoms with van der Waals surface area (Å²) in [5.41, 5.74) is 0.588. The molecule has 1 aliphatic heterocycles. The van der Waals surface area contributed by atoms with E-state index in [0.717, 1.165) is 6.07 Å². The molecule has 0 bridgehead atoms. The van der Waals surface area contributed by atoms with Gasteiger partial charge in [0, 0.05) is 23.1 Å². The Labute approximate surface area is 158 Å². The van der Waals surface area contributed by atoms with E-state index in [1.807, 2.05) is 6.07 Å². The largest absolute Gasteiger partial charge is 0.444 e. The van der Waals surface area contributed by atoms with Gasteiger partial charge in [0.05, 0.1) is 18.8 Å². The Kier molecular flexibility index (Phi) is 6.00. The molecule has 0 spiro atoms. The first-order chi connectivity index (χ1) is 12.6. The van der Waals surface area contributed by atoms with Crippen molar-refractivity contribution < 1.29 is 23.5 Å². The summed E-state index contributed by atoms with van der Waals surface area (Å²) in [7, 11) is 0. The number of amides is 1. The summed E-state index contributed by atoms with van der Waals surface area (Å²) < 4.78 is 24.7. The van der Waals surface area contributed by atoms with Crippen molar-refractivity contribution in [3.8, 4) is 0 Å². The zero-order valence-corrected chi connectivity index (χ0v) is 15.4. The first kappa shape index (κ1) is 18.5. The minimum absolute atomic E-state index is 0.0284. The van der Waals surface area contributed by atoms with Crippen LogP contribution >= 0.6 is 15.9 Å². The Balaban J connectivity index is 1.87. The van der Waals surface area contributed by atoms with Crippen molar-refractivity contribution in [2.75, 3.05) is 26.3 Å². The predicted molar refractivity (Wildman–Crippen MR) is 96.1 cm³/mol. The lowest BCUT2D eigenvalue weighted by atomic mass is 10.1. The molecule has 1 aliphatic rings. The summed E-state index contributed by atoms with van der Waals surface area (Å²) in [5.74, 6) is -1.65. The van der Waals surface area contributed by atoms with Crippen LogP contribution in [0.1, 0.15) is 22.0 Å². The van der Waals surface area contributed by atoms with Gasteiger partial charge in [0.25, 0.3) is 5.91 Å². The number of esters is 1. The smallest absolute Gasteiger partial charge is 0.340 e. The highest BCUT2D eigenvalue weighted by Gasteiger charge is 2.31. The van der Waals surface area contributed by atoms with Gasteiger partial charge >= 0.3 is 5.97 Å². The Morgan fingerprint density at radius 2 is 1.81 bits per heavy atom. The van der Waals surface area contributed by atoms with Crippen LogP contribution in [-0.4, -0.2) is 43.1 Å². The minimum Gasteiger partial charge on any atom is -0.444 e. The molecule has 7 heteroatoms. The van der Waals surface area contributed by atoms with E-state index in [2.05, 4.69) is 15.9 Å². The fraction of sp³-hybridized carbons (Fsp3) is 0.263. The molecule has 1 unspecified atom stereocenters. The fourth-order valence-electron chi connectivity index (χ4n) is 2.66. The number of hydrogen-bond acceptors (Lipinski definition) is 4. The van der Waals surface area contributed by atoms with E-state index in [1.54, 1.807) is 29.2 Å². The van der Waals surface area contributed by atoms with Gasteiger partial charge in [0.2, 0.25) is 6.10 Å². The zero-order valence-electron chi connectivity index (χ0n) is 13.9. The lowest BCUT2D eigenvalue weighted by Gasteiger charge is -2.30. The monoisotopic (exact) mass is 421 g/mol. The third kappa shape index (κ3) is 4.28. The van der Waals surface area contributed by atoms with Crippen molar-refractivity contribution in [3.63, 3.8) is 0 Å². The molecule has 136 valence electrons. The number of ether oxygens (including phenoxy) is 2. The number of nitrogens with zero attached hydrogens (tertiary/aromatic N) is 1. The molecule has 1 fully saturated rings. The SMILES string of the molecule is O=C(OC(C(=O)N1CCOCC1)c1ccccc1)c1cc(F)ccc1Br. The summed E-state index contributed by atoms with van der Waals surface area (Å²) >= 11 is 3.21. The van der Waals surface area contributed by atoms with E-state index in [9.17, 15) is 14.0 Å². The molecule has 3 rings (SSSR count). The van der Waals surface area contributed by atoms with Crippen molar-refractivity contribution in [1.82, 2.24) is 4.90 Å². The maximum Gasteiger partial charge on any atom is 0.340 e. The average Bonchev–Trinajstić information content (AvgIpc) is 2.68. The van der Waals surface area contributed by atoms with Crippen molar-refractivity contribution in [2.24, 2.45) is 0 Å². The number of benzene rings is 2. The molecule has 0 aromatic heterocycles. The fourth-order valence-corrected chi connectivity index (χ4v) is 3.07. The molecule has 2 aromatic carbocycles. The van der Waals surface area contributed by atoms with Crippen LogP contribution in [0.4, 0.5) is 4.39 Å². The molecule has 0 aliphatic carbocycles. The lowest BCUT2D eigenvalue weighted by molar-refractivity contribution is -0.145. The maximum atomic E-state index is 13.5. The first-order valence-electron chi connectivity index (χ1n) is 8.14. The standard InChI is InChI=1S/C19H17BrFNO4/c20-16-7-6-14(21)12-15(16)19(24)26-17(13-4-2-1-3-5-13)18(23)22-8-10-25-11-9-22/h1-7,12,17H,8-11H2. The van der Waals surface area contributed by atoms with Gasteiger partial charge in [-0.3, -0.25) is 4.79 Å². The number of rotatable bonds is 4. The second kappa shape index (κ2) is 8.42. The molecule has 26 heavy (non-hydrogen) atoms.